The summed E-state index contributed by atoms with van der Waals surface area (Å²) in [4.78, 5) is 35.4. The van der Waals surface area contributed by atoms with Crippen molar-refractivity contribution >= 4 is 17.8 Å². The zero-order valence-electron chi connectivity index (χ0n) is 15.8. The third-order valence-electron chi connectivity index (χ3n) is 4.14. The molecular weight excluding hydrogens is 363 g/mol. The van der Waals surface area contributed by atoms with Crippen LogP contribution in [0.5, 0.6) is 0 Å². The van der Waals surface area contributed by atoms with Crippen LogP contribution in [0.4, 0.5) is 4.39 Å². The molecule has 0 bridgehead atoms. The number of nitrogens with one attached hydrogen (secondary N) is 2. The molecule has 28 heavy (non-hydrogen) atoms. The van der Waals surface area contributed by atoms with E-state index in [1.165, 1.54) is 23.8 Å². The third kappa shape index (κ3) is 6.19. The quantitative estimate of drug-likeness (QED) is 0.683. The van der Waals surface area contributed by atoms with Gasteiger partial charge in [0.2, 0.25) is 0 Å². The highest BCUT2D eigenvalue weighted by molar-refractivity contribution is 5.96. The molecule has 2 aromatic carbocycles. The molecule has 0 aliphatic heterocycles. The maximum atomic E-state index is 13.5. The Bertz CT molecular complexity index is 837. The van der Waals surface area contributed by atoms with Gasteiger partial charge in [-0.25, -0.2) is 4.39 Å². The molecule has 2 amide bonds. The lowest BCUT2D eigenvalue weighted by molar-refractivity contribution is -0.147. The average Bonchev–Trinajstić information content (AvgIpc) is 2.70. The van der Waals surface area contributed by atoms with Gasteiger partial charge in [-0.15, -0.1) is 0 Å². The van der Waals surface area contributed by atoms with Crippen LogP contribution >= 0.6 is 0 Å². The van der Waals surface area contributed by atoms with Crippen LogP contribution in [-0.2, 0) is 20.7 Å². The first-order valence-electron chi connectivity index (χ1n) is 8.97. The maximum Gasteiger partial charge on any atom is 0.325 e. The van der Waals surface area contributed by atoms with E-state index in [1.54, 1.807) is 0 Å². The molecule has 2 aromatic rings. The Kier molecular flexibility index (Phi) is 7.68. The Hall–Kier alpha value is -3.22. The van der Waals surface area contributed by atoms with Crippen LogP contribution in [0.25, 0.3) is 0 Å². The largest absolute Gasteiger partial charge is 0.454 e. The van der Waals surface area contributed by atoms with Crippen molar-refractivity contribution in [2.75, 3.05) is 13.2 Å². The fourth-order valence-corrected chi connectivity index (χ4v) is 2.50. The van der Waals surface area contributed by atoms with Crippen LogP contribution in [0.1, 0.15) is 41.4 Å². The van der Waals surface area contributed by atoms with E-state index < -0.39 is 36.8 Å². The van der Waals surface area contributed by atoms with Crippen LogP contribution < -0.4 is 10.6 Å². The van der Waals surface area contributed by atoms with Gasteiger partial charge < -0.3 is 15.4 Å². The second kappa shape index (κ2) is 10.2. The molecule has 6 nitrogen and oxygen atoms in total. The van der Waals surface area contributed by atoms with E-state index in [9.17, 15) is 18.8 Å². The summed E-state index contributed by atoms with van der Waals surface area (Å²) in [5.41, 5.74) is 1.97. The molecule has 0 saturated heterocycles. The predicted molar refractivity (Wildman–Crippen MR) is 102 cm³/mol. The number of rotatable bonds is 8. The van der Waals surface area contributed by atoms with Gasteiger partial charge in [0.15, 0.2) is 6.61 Å². The van der Waals surface area contributed by atoms with E-state index in [-0.39, 0.29) is 11.6 Å². The number of halogens is 1. The number of amides is 2. The predicted octanol–water partition coefficient (Wildman–Crippen LogP) is 2.54. The summed E-state index contributed by atoms with van der Waals surface area (Å²) in [5.74, 6) is -2.67. The highest BCUT2D eigenvalue weighted by Gasteiger charge is 2.14. The van der Waals surface area contributed by atoms with Crippen molar-refractivity contribution in [3.63, 3.8) is 0 Å². The maximum absolute atomic E-state index is 13.5. The highest BCUT2D eigenvalue weighted by atomic mass is 19.1. The van der Waals surface area contributed by atoms with Crippen LogP contribution in [0.2, 0.25) is 0 Å². The molecular formula is C21H23FN2O4. The smallest absolute Gasteiger partial charge is 0.325 e. The van der Waals surface area contributed by atoms with Crippen molar-refractivity contribution in [2.45, 2.75) is 26.3 Å². The highest BCUT2D eigenvalue weighted by Crippen LogP contribution is 2.13. The lowest BCUT2D eigenvalue weighted by Crippen LogP contribution is -2.35. The molecule has 0 radical (unpaired) electrons. The van der Waals surface area contributed by atoms with E-state index in [0.717, 1.165) is 18.1 Å². The zero-order chi connectivity index (χ0) is 20.5. The van der Waals surface area contributed by atoms with Crippen molar-refractivity contribution in [1.29, 1.82) is 0 Å². The van der Waals surface area contributed by atoms with Gasteiger partial charge in [0.25, 0.3) is 11.8 Å². The number of hydrogen-bond acceptors (Lipinski definition) is 4. The molecule has 7 heteroatoms. The molecule has 0 unspecified atom stereocenters. The SMILES string of the molecule is CCc1ccc([C@H](C)NC(=O)COC(=O)CNC(=O)c2ccccc2F)cc1. The van der Waals surface area contributed by atoms with E-state index >= 15 is 0 Å². The van der Waals surface area contributed by atoms with Crippen molar-refractivity contribution in [3.8, 4) is 0 Å². The van der Waals surface area contributed by atoms with Crippen molar-refractivity contribution in [3.05, 3.63) is 71.0 Å². The summed E-state index contributed by atoms with van der Waals surface area (Å²) in [7, 11) is 0. The molecule has 0 heterocycles. The summed E-state index contributed by atoms with van der Waals surface area (Å²) in [5, 5.41) is 4.99. The van der Waals surface area contributed by atoms with Gasteiger partial charge in [-0.3, -0.25) is 14.4 Å². The standard InChI is InChI=1S/C21H23FN2O4/c1-3-15-8-10-16(11-9-15)14(2)24-19(25)13-28-20(26)12-23-21(27)17-6-4-5-7-18(17)22/h4-11,14H,3,12-13H2,1-2H3,(H,23,27)(H,24,25)/t14-/m0/s1. The van der Waals surface area contributed by atoms with Crippen molar-refractivity contribution in [1.82, 2.24) is 10.6 Å². The minimum atomic E-state index is -0.792. The molecule has 0 saturated carbocycles. The number of carbonyl (C=O) groups excluding carboxylic acids is 3. The summed E-state index contributed by atoms with van der Waals surface area (Å²) < 4.78 is 18.3. The number of benzene rings is 2. The van der Waals surface area contributed by atoms with Crippen LogP contribution in [0.15, 0.2) is 48.5 Å². The molecule has 0 fully saturated rings. The topological polar surface area (TPSA) is 84.5 Å². The van der Waals surface area contributed by atoms with Crippen LogP contribution in [0, 0.1) is 5.82 Å². The average molecular weight is 386 g/mol. The lowest BCUT2D eigenvalue weighted by atomic mass is 10.1. The molecule has 148 valence electrons. The van der Waals surface area contributed by atoms with E-state index in [0.29, 0.717) is 0 Å². The van der Waals surface area contributed by atoms with Gasteiger partial charge in [0.05, 0.1) is 11.6 Å². The van der Waals surface area contributed by atoms with Gasteiger partial charge in [0, 0.05) is 0 Å². The van der Waals surface area contributed by atoms with E-state index in [1.807, 2.05) is 31.2 Å². The Morgan fingerprint density at radius 3 is 2.39 bits per heavy atom. The molecule has 1 atom stereocenters. The van der Waals surface area contributed by atoms with E-state index in [2.05, 4.69) is 17.6 Å². The Morgan fingerprint density at radius 2 is 1.75 bits per heavy atom. The normalized spacial score (nSPS) is 11.4. The van der Waals surface area contributed by atoms with Crippen LogP contribution in [-0.4, -0.2) is 30.9 Å². The Balaban J connectivity index is 1.73. The van der Waals surface area contributed by atoms with Gasteiger partial charge in [-0.2, -0.15) is 0 Å². The molecule has 0 aliphatic carbocycles. The van der Waals surface area contributed by atoms with Gasteiger partial charge >= 0.3 is 5.97 Å². The van der Waals surface area contributed by atoms with Gasteiger partial charge in [0.1, 0.15) is 12.4 Å². The van der Waals surface area contributed by atoms with Gasteiger partial charge in [-0.05, 0) is 36.6 Å². The fraction of sp³-hybridized carbons (Fsp3) is 0.286. The second-order valence-corrected chi connectivity index (χ2v) is 6.21. The molecule has 0 aliphatic rings. The molecule has 2 N–H and O–H groups in total. The molecule has 2 rings (SSSR count). The fourth-order valence-electron chi connectivity index (χ4n) is 2.50. The minimum Gasteiger partial charge on any atom is -0.454 e. The third-order valence-corrected chi connectivity index (χ3v) is 4.14. The lowest BCUT2D eigenvalue weighted by Gasteiger charge is -2.15. The zero-order valence-corrected chi connectivity index (χ0v) is 15.8. The monoisotopic (exact) mass is 386 g/mol. The van der Waals surface area contributed by atoms with Crippen LogP contribution in [0.3, 0.4) is 0 Å². The number of aryl methyl sites for hydroxylation is 1. The first-order valence-corrected chi connectivity index (χ1v) is 8.97. The van der Waals surface area contributed by atoms with Gasteiger partial charge in [-0.1, -0.05) is 43.3 Å². The molecule has 0 spiro atoms. The Labute approximate surface area is 163 Å². The van der Waals surface area contributed by atoms with E-state index in [4.69, 9.17) is 4.74 Å². The van der Waals surface area contributed by atoms with Crippen molar-refractivity contribution < 1.29 is 23.5 Å². The first kappa shape index (κ1) is 21.1. The summed E-state index contributed by atoms with van der Waals surface area (Å²) in [6.07, 6.45) is 0.935. The Morgan fingerprint density at radius 1 is 1.07 bits per heavy atom. The molecule has 0 aromatic heterocycles. The number of ether oxygens (including phenoxy) is 1. The summed E-state index contributed by atoms with van der Waals surface area (Å²) in [6, 6.07) is 13.1. The number of carbonyl (C=O) groups is 3. The first-order chi connectivity index (χ1) is 13.4. The number of hydrogen-bond donors (Lipinski definition) is 2. The second-order valence-electron chi connectivity index (χ2n) is 6.21. The summed E-state index contributed by atoms with van der Waals surface area (Å²) >= 11 is 0. The summed E-state index contributed by atoms with van der Waals surface area (Å²) in [6.45, 7) is 2.96. The number of esters is 1. The van der Waals surface area contributed by atoms with Crippen molar-refractivity contribution in [2.24, 2.45) is 0 Å². The minimum absolute atomic E-state index is 0.170.